The second-order valence-electron chi connectivity index (χ2n) is 4.25. The Balaban J connectivity index is 2.33. The molecule has 1 N–H and O–H groups in total. The molecule has 0 aliphatic heterocycles. The van der Waals surface area contributed by atoms with E-state index in [1.54, 1.807) is 0 Å². The minimum Gasteiger partial charge on any atom is -0.351 e. The average Bonchev–Trinajstić information content (AvgIpc) is 2.72. The molecular weight excluding hydrogens is 184 g/mol. The highest BCUT2D eigenvalue weighted by atomic mass is 15.0. The number of nitrogens with one attached hydrogen (secondary N) is 1. The molecule has 2 heteroatoms. The van der Waals surface area contributed by atoms with E-state index in [1.165, 1.54) is 24.8 Å². The Morgan fingerprint density at radius 1 is 1.40 bits per heavy atom. The molecule has 0 saturated carbocycles. The van der Waals surface area contributed by atoms with Crippen LogP contribution in [0.2, 0.25) is 0 Å². The van der Waals surface area contributed by atoms with Crippen molar-refractivity contribution >= 4 is 0 Å². The summed E-state index contributed by atoms with van der Waals surface area (Å²) in [5.74, 6) is 0. The lowest BCUT2D eigenvalue weighted by atomic mass is 10.2. The van der Waals surface area contributed by atoms with E-state index in [0.29, 0.717) is 6.04 Å². The fourth-order valence-corrected chi connectivity index (χ4v) is 1.58. The highest BCUT2D eigenvalue weighted by Gasteiger charge is 2.01. The average molecular weight is 208 g/mol. The molecule has 0 aliphatic carbocycles. The van der Waals surface area contributed by atoms with Gasteiger partial charge in [0.15, 0.2) is 0 Å². The molecule has 1 heterocycles. The first kappa shape index (κ1) is 12.3. The number of hydrogen-bond donors (Lipinski definition) is 1. The highest BCUT2D eigenvalue weighted by molar-refractivity contribution is 5.10. The second kappa shape index (κ2) is 6.67. The van der Waals surface area contributed by atoms with Gasteiger partial charge in [-0.3, -0.25) is 0 Å². The normalized spacial score (nSPS) is 13.0. The number of rotatable bonds is 7. The maximum absolute atomic E-state index is 3.46. The Morgan fingerprint density at radius 2 is 2.20 bits per heavy atom. The van der Waals surface area contributed by atoms with Crippen molar-refractivity contribution < 1.29 is 0 Å². The van der Waals surface area contributed by atoms with E-state index < -0.39 is 0 Å². The number of unbranched alkanes of at least 4 members (excludes halogenated alkanes) is 1. The van der Waals surface area contributed by atoms with Crippen LogP contribution in [-0.2, 0) is 6.54 Å². The first-order valence-corrected chi connectivity index (χ1v) is 6.15. The summed E-state index contributed by atoms with van der Waals surface area (Å²) in [4.78, 5) is 0. The minimum absolute atomic E-state index is 0.620. The van der Waals surface area contributed by atoms with Crippen LogP contribution in [0.3, 0.4) is 0 Å². The summed E-state index contributed by atoms with van der Waals surface area (Å²) >= 11 is 0. The van der Waals surface area contributed by atoms with Crippen LogP contribution in [0.5, 0.6) is 0 Å². The Morgan fingerprint density at radius 3 is 2.87 bits per heavy atom. The molecule has 2 nitrogen and oxygen atoms in total. The number of nitrogens with zero attached hydrogens (tertiary/aromatic N) is 1. The standard InChI is InChI=1S/C13H24N2/c1-4-6-8-14-10-13-7-9-15(11-13)12(3)5-2/h7,9,11-12,14H,4-6,8,10H2,1-3H3. The van der Waals surface area contributed by atoms with Crippen molar-refractivity contribution in [3.8, 4) is 0 Å². The summed E-state index contributed by atoms with van der Waals surface area (Å²) in [6.07, 6.45) is 8.17. The molecule has 1 aromatic rings. The van der Waals surface area contributed by atoms with E-state index in [9.17, 15) is 0 Å². The van der Waals surface area contributed by atoms with E-state index in [1.807, 2.05) is 0 Å². The molecule has 1 atom stereocenters. The van der Waals surface area contributed by atoms with E-state index in [2.05, 4.69) is 49.1 Å². The van der Waals surface area contributed by atoms with Crippen molar-refractivity contribution in [3.63, 3.8) is 0 Å². The van der Waals surface area contributed by atoms with Crippen molar-refractivity contribution in [3.05, 3.63) is 24.0 Å². The first-order chi connectivity index (χ1) is 7.27. The molecule has 0 spiro atoms. The van der Waals surface area contributed by atoms with Gasteiger partial charge in [-0.1, -0.05) is 20.3 Å². The van der Waals surface area contributed by atoms with Crippen LogP contribution in [0, 0.1) is 0 Å². The van der Waals surface area contributed by atoms with Crippen LogP contribution in [-0.4, -0.2) is 11.1 Å². The molecule has 0 aliphatic rings. The van der Waals surface area contributed by atoms with Gasteiger partial charge in [-0.05, 0) is 37.9 Å². The largest absolute Gasteiger partial charge is 0.351 e. The maximum Gasteiger partial charge on any atom is 0.0299 e. The van der Waals surface area contributed by atoms with E-state index in [0.717, 1.165) is 13.1 Å². The Bertz CT molecular complexity index is 265. The molecule has 0 aromatic carbocycles. The molecular formula is C13H24N2. The van der Waals surface area contributed by atoms with Gasteiger partial charge in [0.1, 0.15) is 0 Å². The molecule has 0 fully saturated rings. The lowest BCUT2D eigenvalue weighted by molar-refractivity contribution is 0.531. The molecule has 15 heavy (non-hydrogen) atoms. The van der Waals surface area contributed by atoms with Gasteiger partial charge in [0.05, 0.1) is 0 Å². The molecule has 0 radical (unpaired) electrons. The van der Waals surface area contributed by atoms with Gasteiger partial charge >= 0.3 is 0 Å². The fourth-order valence-electron chi connectivity index (χ4n) is 1.58. The van der Waals surface area contributed by atoms with Gasteiger partial charge in [-0.2, -0.15) is 0 Å². The molecule has 1 unspecified atom stereocenters. The maximum atomic E-state index is 3.46. The second-order valence-corrected chi connectivity index (χ2v) is 4.25. The quantitative estimate of drug-likeness (QED) is 0.680. The zero-order valence-electron chi connectivity index (χ0n) is 10.3. The van der Waals surface area contributed by atoms with Crippen LogP contribution in [0.25, 0.3) is 0 Å². The number of hydrogen-bond acceptors (Lipinski definition) is 1. The van der Waals surface area contributed by atoms with Crippen LogP contribution in [0.4, 0.5) is 0 Å². The van der Waals surface area contributed by atoms with E-state index in [-0.39, 0.29) is 0 Å². The molecule has 1 rings (SSSR count). The van der Waals surface area contributed by atoms with Crippen molar-refractivity contribution in [1.82, 2.24) is 9.88 Å². The van der Waals surface area contributed by atoms with Gasteiger partial charge in [0.25, 0.3) is 0 Å². The predicted octanol–water partition coefficient (Wildman–Crippen LogP) is 3.35. The molecule has 0 amide bonds. The topological polar surface area (TPSA) is 17.0 Å². The summed E-state index contributed by atoms with van der Waals surface area (Å²) in [6, 6.07) is 2.83. The van der Waals surface area contributed by atoms with Gasteiger partial charge in [0, 0.05) is 25.0 Å². The molecule has 86 valence electrons. The summed E-state index contributed by atoms with van der Waals surface area (Å²) in [6.45, 7) is 8.84. The SMILES string of the molecule is CCCCNCc1ccn(C(C)CC)c1. The van der Waals surface area contributed by atoms with E-state index in [4.69, 9.17) is 0 Å². The first-order valence-electron chi connectivity index (χ1n) is 6.15. The van der Waals surface area contributed by atoms with Crippen LogP contribution in [0.1, 0.15) is 51.6 Å². The fraction of sp³-hybridized carbons (Fsp3) is 0.692. The monoisotopic (exact) mass is 208 g/mol. The van der Waals surface area contributed by atoms with Crippen molar-refractivity contribution in [2.45, 2.75) is 52.6 Å². The summed E-state index contributed by atoms with van der Waals surface area (Å²) in [5.41, 5.74) is 1.39. The van der Waals surface area contributed by atoms with Crippen LogP contribution in [0.15, 0.2) is 18.5 Å². The van der Waals surface area contributed by atoms with Gasteiger partial charge in [-0.15, -0.1) is 0 Å². The third-order valence-corrected chi connectivity index (χ3v) is 2.91. The molecule has 0 saturated heterocycles. The van der Waals surface area contributed by atoms with Gasteiger partial charge < -0.3 is 9.88 Å². The lowest BCUT2D eigenvalue weighted by Crippen LogP contribution is -2.14. The zero-order chi connectivity index (χ0) is 11.1. The molecule has 0 bridgehead atoms. The third kappa shape index (κ3) is 4.08. The summed E-state index contributed by atoms with van der Waals surface area (Å²) in [5, 5.41) is 3.46. The number of aromatic nitrogens is 1. The smallest absolute Gasteiger partial charge is 0.0299 e. The predicted molar refractivity (Wildman–Crippen MR) is 66.0 cm³/mol. The van der Waals surface area contributed by atoms with Gasteiger partial charge in [0.2, 0.25) is 0 Å². The van der Waals surface area contributed by atoms with Crippen LogP contribution >= 0.6 is 0 Å². The minimum atomic E-state index is 0.620. The Labute approximate surface area is 93.7 Å². The Hall–Kier alpha value is -0.760. The van der Waals surface area contributed by atoms with Crippen LogP contribution < -0.4 is 5.32 Å². The Kier molecular flexibility index (Phi) is 5.48. The summed E-state index contributed by atoms with van der Waals surface area (Å²) in [7, 11) is 0. The van der Waals surface area contributed by atoms with Crippen molar-refractivity contribution in [2.24, 2.45) is 0 Å². The third-order valence-electron chi connectivity index (χ3n) is 2.91. The lowest BCUT2D eigenvalue weighted by Gasteiger charge is -2.09. The van der Waals surface area contributed by atoms with E-state index >= 15 is 0 Å². The molecule has 1 aromatic heterocycles. The van der Waals surface area contributed by atoms with Crippen molar-refractivity contribution in [1.29, 1.82) is 0 Å². The van der Waals surface area contributed by atoms with Crippen molar-refractivity contribution in [2.75, 3.05) is 6.54 Å². The summed E-state index contributed by atoms with van der Waals surface area (Å²) < 4.78 is 2.30. The zero-order valence-corrected chi connectivity index (χ0v) is 10.3. The highest BCUT2D eigenvalue weighted by Crippen LogP contribution is 2.12. The van der Waals surface area contributed by atoms with Gasteiger partial charge in [-0.25, -0.2) is 0 Å².